The van der Waals surface area contributed by atoms with E-state index in [0.29, 0.717) is 12.8 Å². The van der Waals surface area contributed by atoms with E-state index in [1.54, 1.807) is 0 Å². The van der Waals surface area contributed by atoms with Gasteiger partial charge in [-0.05, 0) is 31.6 Å². The molecule has 0 aliphatic heterocycles. The molecule has 0 heterocycles. The molecular weight excluding hydrogens is 224 g/mol. The first-order valence-electron chi connectivity index (χ1n) is 7.38. The van der Waals surface area contributed by atoms with Crippen molar-refractivity contribution in [2.45, 2.75) is 65.2 Å². The summed E-state index contributed by atoms with van der Waals surface area (Å²) in [6.45, 7) is 4.54. The van der Waals surface area contributed by atoms with Crippen LogP contribution in [0.3, 0.4) is 0 Å². The molecule has 0 radical (unpaired) electrons. The summed E-state index contributed by atoms with van der Waals surface area (Å²) in [5, 5.41) is 12.1. The van der Waals surface area contributed by atoms with Gasteiger partial charge in [0.05, 0.1) is 6.07 Å². The minimum Gasteiger partial charge on any atom is -0.355 e. The van der Waals surface area contributed by atoms with Crippen LogP contribution in [0.15, 0.2) is 0 Å². The number of nitriles is 1. The summed E-state index contributed by atoms with van der Waals surface area (Å²) in [7, 11) is 0. The lowest BCUT2D eigenvalue weighted by atomic mass is 9.83. The lowest BCUT2D eigenvalue weighted by Crippen LogP contribution is -2.39. The van der Waals surface area contributed by atoms with Gasteiger partial charge in [-0.25, -0.2) is 0 Å². The smallest absolute Gasteiger partial charge is 0.240 e. The Morgan fingerprint density at radius 2 is 1.94 bits per heavy atom. The SMILES string of the molecule is CCC(C#N)(CC)C(=O)NCCCC1CCCC1. The molecule has 3 heteroatoms. The van der Waals surface area contributed by atoms with Gasteiger partial charge in [0.15, 0.2) is 0 Å². The fourth-order valence-electron chi connectivity index (χ4n) is 2.84. The van der Waals surface area contributed by atoms with Crippen molar-refractivity contribution in [3.63, 3.8) is 0 Å². The quantitative estimate of drug-likeness (QED) is 0.704. The van der Waals surface area contributed by atoms with Gasteiger partial charge in [-0.1, -0.05) is 39.5 Å². The second-order valence-electron chi connectivity index (χ2n) is 5.45. The van der Waals surface area contributed by atoms with Crippen molar-refractivity contribution in [2.75, 3.05) is 6.54 Å². The predicted molar refractivity (Wildman–Crippen MR) is 72.8 cm³/mol. The molecular formula is C15H26N2O. The highest BCUT2D eigenvalue weighted by Crippen LogP contribution is 2.28. The van der Waals surface area contributed by atoms with E-state index >= 15 is 0 Å². The van der Waals surface area contributed by atoms with Crippen molar-refractivity contribution in [1.29, 1.82) is 5.26 Å². The summed E-state index contributed by atoms with van der Waals surface area (Å²) in [4.78, 5) is 12.0. The number of amides is 1. The maximum Gasteiger partial charge on any atom is 0.240 e. The summed E-state index contributed by atoms with van der Waals surface area (Å²) in [6, 6.07) is 2.18. The van der Waals surface area contributed by atoms with Crippen molar-refractivity contribution >= 4 is 5.91 Å². The van der Waals surface area contributed by atoms with Crippen LogP contribution >= 0.6 is 0 Å². The zero-order valence-electron chi connectivity index (χ0n) is 11.8. The number of nitrogens with zero attached hydrogens (tertiary/aromatic N) is 1. The van der Waals surface area contributed by atoms with Gasteiger partial charge in [-0.3, -0.25) is 4.79 Å². The van der Waals surface area contributed by atoms with Crippen LogP contribution in [-0.2, 0) is 4.79 Å². The van der Waals surface area contributed by atoms with Crippen LogP contribution in [0.1, 0.15) is 65.2 Å². The van der Waals surface area contributed by atoms with Crippen LogP contribution in [-0.4, -0.2) is 12.5 Å². The van der Waals surface area contributed by atoms with E-state index in [0.717, 1.165) is 18.9 Å². The minimum absolute atomic E-state index is 0.0820. The Balaban J connectivity index is 2.25. The molecule has 0 aromatic heterocycles. The van der Waals surface area contributed by atoms with E-state index in [2.05, 4.69) is 11.4 Å². The van der Waals surface area contributed by atoms with E-state index in [9.17, 15) is 4.79 Å². The lowest BCUT2D eigenvalue weighted by Gasteiger charge is -2.22. The molecule has 0 bridgehead atoms. The van der Waals surface area contributed by atoms with E-state index in [-0.39, 0.29) is 5.91 Å². The van der Waals surface area contributed by atoms with Gasteiger partial charge < -0.3 is 5.32 Å². The van der Waals surface area contributed by atoms with Crippen LogP contribution in [0.4, 0.5) is 0 Å². The molecule has 0 spiro atoms. The average molecular weight is 250 g/mol. The second kappa shape index (κ2) is 7.41. The Morgan fingerprint density at radius 3 is 2.44 bits per heavy atom. The molecule has 3 nitrogen and oxygen atoms in total. The molecule has 1 saturated carbocycles. The van der Waals surface area contributed by atoms with E-state index < -0.39 is 5.41 Å². The fraction of sp³-hybridized carbons (Fsp3) is 0.867. The molecule has 1 aliphatic carbocycles. The largest absolute Gasteiger partial charge is 0.355 e. The van der Waals surface area contributed by atoms with Gasteiger partial charge in [0.2, 0.25) is 5.91 Å². The molecule has 1 rings (SSSR count). The zero-order valence-corrected chi connectivity index (χ0v) is 11.8. The van der Waals surface area contributed by atoms with Gasteiger partial charge in [-0.2, -0.15) is 5.26 Å². The maximum atomic E-state index is 12.0. The second-order valence-corrected chi connectivity index (χ2v) is 5.45. The third-order valence-corrected chi connectivity index (χ3v) is 4.41. The summed E-state index contributed by atoms with van der Waals surface area (Å²) < 4.78 is 0. The van der Waals surface area contributed by atoms with Crippen LogP contribution in [0.2, 0.25) is 0 Å². The molecule has 1 amide bonds. The number of hydrogen-bond acceptors (Lipinski definition) is 2. The molecule has 0 saturated heterocycles. The first kappa shape index (κ1) is 15.0. The number of hydrogen-bond donors (Lipinski definition) is 1. The number of nitrogens with one attached hydrogen (secondary N) is 1. The molecule has 0 aromatic carbocycles. The Labute approximate surface area is 111 Å². The molecule has 1 fully saturated rings. The molecule has 102 valence electrons. The molecule has 1 aliphatic rings. The number of carbonyl (C=O) groups excluding carboxylic acids is 1. The van der Waals surface area contributed by atoms with E-state index in [4.69, 9.17) is 5.26 Å². The summed E-state index contributed by atoms with van der Waals surface area (Å²) in [6.07, 6.45) is 8.92. The predicted octanol–water partition coefficient (Wildman–Crippen LogP) is 3.40. The maximum absolute atomic E-state index is 12.0. The van der Waals surface area contributed by atoms with Crippen LogP contribution in [0.25, 0.3) is 0 Å². The van der Waals surface area contributed by atoms with Crippen LogP contribution < -0.4 is 5.32 Å². The van der Waals surface area contributed by atoms with Crippen molar-refractivity contribution in [2.24, 2.45) is 11.3 Å². The zero-order chi connectivity index (χ0) is 13.4. The van der Waals surface area contributed by atoms with Gasteiger partial charge in [0, 0.05) is 6.54 Å². The normalized spacial score (nSPS) is 16.5. The van der Waals surface area contributed by atoms with Crippen LogP contribution in [0.5, 0.6) is 0 Å². The third kappa shape index (κ3) is 3.73. The standard InChI is InChI=1S/C15H26N2O/c1-3-15(4-2,12-16)14(18)17-11-7-10-13-8-5-6-9-13/h13H,3-11H2,1-2H3,(H,17,18). The highest BCUT2D eigenvalue weighted by molar-refractivity contribution is 5.85. The van der Waals surface area contributed by atoms with Crippen LogP contribution in [0, 0.1) is 22.7 Å². The van der Waals surface area contributed by atoms with E-state index in [1.807, 2.05) is 13.8 Å². The monoisotopic (exact) mass is 250 g/mol. The number of carbonyl (C=O) groups is 1. The summed E-state index contributed by atoms with van der Waals surface area (Å²) in [5.74, 6) is 0.793. The highest BCUT2D eigenvalue weighted by Gasteiger charge is 2.34. The van der Waals surface area contributed by atoms with Gasteiger partial charge in [-0.15, -0.1) is 0 Å². The van der Waals surface area contributed by atoms with Crippen molar-refractivity contribution in [3.8, 4) is 6.07 Å². The van der Waals surface area contributed by atoms with Gasteiger partial charge in [0.25, 0.3) is 0 Å². The first-order valence-corrected chi connectivity index (χ1v) is 7.38. The summed E-state index contributed by atoms with van der Waals surface area (Å²) in [5.41, 5.74) is -0.812. The van der Waals surface area contributed by atoms with Crippen molar-refractivity contribution in [1.82, 2.24) is 5.32 Å². The Morgan fingerprint density at radius 1 is 1.33 bits per heavy atom. The highest BCUT2D eigenvalue weighted by atomic mass is 16.2. The van der Waals surface area contributed by atoms with Crippen molar-refractivity contribution < 1.29 is 4.79 Å². The molecule has 0 aromatic rings. The van der Waals surface area contributed by atoms with Gasteiger partial charge >= 0.3 is 0 Å². The lowest BCUT2D eigenvalue weighted by molar-refractivity contribution is -0.128. The average Bonchev–Trinajstić information content (AvgIpc) is 2.90. The Bertz CT molecular complexity index is 296. The molecule has 1 N–H and O–H groups in total. The molecule has 0 unspecified atom stereocenters. The Kier molecular flexibility index (Phi) is 6.18. The topological polar surface area (TPSA) is 52.9 Å². The molecule has 0 atom stereocenters. The van der Waals surface area contributed by atoms with E-state index in [1.165, 1.54) is 32.1 Å². The fourth-order valence-corrected chi connectivity index (χ4v) is 2.84. The van der Waals surface area contributed by atoms with Crippen molar-refractivity contribution in [3.05, 3.63) is 0 Å². The molecule has 18 heavy (non-hydrogen) atoms. The van der Waals surface area contributed by atoms with Gasteiger partial charge in [0.1, 0.15) is 5.41 Å². The number of rotatable bonds is 7. The summed E-state index contributed by atoms with van der Waals surface area (Å²) >= 11 is 0. The first-order chi connectivity index (χ1) is 8.68. The Hall–Kier alpha value is -1.04. The minimum atomic E-state index is -0.812. The third-order valence-electron chi connectivity index (χ3n) is 4.41.